The lowest BCUT2D eigenvalue weighted by molar-refractivity contribution is 0.0374. The van der Waals surface area contributed by atoms with Crippen molar-refractivity contribution in [1.29, 1.82) is 5.41 Å². The van der Waals surface area contributed by atoms with Crippen LogP contribution in [0.5, 0.6) is 0 Å². The van der Waals surface area contributed by atoms with Gasteiger partial charge in [0.2, 0.25) is 11.8 Å². The highest BCUT2D eigenvalue weighted by atomic mass is 16.5. The predicted octanol–water partition coefficient (Wildman–Crippen LogP) is 3.28. The highest BCUT2D eigenvalue weighted by Crippen LogP contribution is 2.35. The summed E-state index contributed by atoms with van der Waals surface area (Å²) in [4.78, 5) is 5.66. The van der Waals surface area contributed by atoms with Crippen LogP contribution in [0.2, 0.25) is 0 Å². The Morgan fingerprint density at radius 1 is 1.15 bits per heavy atom. The average Bonchev–Trinajstić information content (AvgIpc) is 3.53. The second-order valence-corrected chi connectivity index (χ2v) is 8.40. The maximum Gasteiger partial charge on any atom is 0.248 e. The molecule has 9 nitrogen and oxygen atoms in total. The Labute approximate surface area is 197 Å². The summed E-state index contributed by atoms with van der Waals surface area (Å²) in [6.07, 6.45) is 4.20. The highest BCUT2D eigenvalue weighted by molar-refractivity contribution is 6.00. The van der Waals surface area contributed by atoms with E-state index in [-0.39, 0.29) is 0 Å². The molecular weight excluding hydrogens is 430 g/mol. The fourth-order valence-electron chi connectivity index (χ4n) is 4.39. The number of rotatable bonds is 9. The molecule has 2 aromatic heterocycles. The second-order valence-electron chi connectivity index (χ2n) is 8.40. The minimum Gasteiger partial charge on any atom is -0.419 e. The average molecular weight is 460 g/mol. The molecule has 1 fully saturated rings. The third-order valence-electron chi connectivity index (χ3n) is 6.17. The number of ether oxygens (including phenoxy) is 1. The van der Waals surface area contributed by atoms with Gasteiger partial charge in [-0.15, -0.1) is 10.2 Å². The van der Waals surface area contributed by atoms with Crippen LogP contribution in [0.4, 0.5) is 5.69 Å². The van der Waals surface area contributed by atoms with Gasteiger partial charge < -0.3 is 30.6 Å². The van der Waals surface area contributed by atoms with Crippen molar-refractivity contribution in [3.8, 4) is 22.6 Å². The lowest BCUT2D eigenvalue weighted by Gasteiger charge is -2.26. The zero-order chi connectivity index (χ0) is 23.3. The van der Waals surface area contributed by atoms with Crippen molar-refractivity contribution in [1.82, 2.24) is 25.4 Å². The lowest BCUT2D eigenvalue weighted by Crippen LogP contribution is -2.37. The Bertz CT molecular complexity index is 1270. The van der Waals surface area contributed by atoms with E-state index in [1.807, 2.05) is 36.5 Å². The first-order valence-corrected chi connectivity index (χ1v) is 11.6. The second kappa shape index (κ2) is 10.2. The quantitative estimate of drug-likeness (QED) is 0.172. The van der Waals surface area contributed by atoms with Crippen LogP contribution >= 0.6 is 0 Å². The number of hydrogen-bond donors (Lipinski definition) is 4. The van der Waals surface area contributed by atoms with Gasteiger partial charge in [-0.3, -0.25) is 4.90 Å². The normalized spacial score (nSPS) is 14.6. The Hall–Kier alpha value is -3.53. The van der Waals surface area contributed by atoms with Crippen LogP contribution in [0.25, 0.3) is 33.5 Å². The number of hydrogen-bond acceptors (Lipinski definition) is 8. The molecule has 0 saturated carbocycles. The number of nitrogen functional groups attached to an aromatic ring is 1. The molecule has 0 spiro atoms. The van der Waals surface area contributed by atoms with Crippen LogP contribution in [0.15, 0.2) is 47.0 Å². The molecule has 1 aliphatic rings. The molecule has 2 aromatic carbocycles. The van der Waals surface area contributed by atoms with Crippen molar-refractivity contribution in [2.24, 2.45) is 0 Å². The van der Waals surface area contributed by atoms with Crippen molar-refractivity contribution >= 4 is 22.8 Å². The van der Waals surface area contributed by atoms with E-state index in [1.165, 1.54) is 6.21 Å². The summed E-state index contributed by atoms with van der Waals surface area (Å²) in [5.41, 5.74) is 11.1. The summed E-state index contributed by atoms with van der Waals surface area (Å²) < 4.78 is 11.3. The maximum absolute atomic E-state index is 7.88. The largest absolute Gasteiger partial charge is 0.419 e. The van der Waals surface area contributed by atoms with Gasteiger partial charge in [0, 0.05) is 47.7 Å². The van der Waals surface area contributed by atoms with Gasteiger partial charge in [0.05, 0.1) is 25.3 Å². The van der Waals surface area contributed by atoms with E-state index in [2.05, 4.69) is 31.5 Å². The molecule has 5 rings (SSSR count). The van der Waals surface area contributed by atoms with E-state index in [0.717, 1.165) is 67.8 Å². The number of aromatic nitrogens is 3. The van der Waals surface area contributed by atoms with E-state index in [4.69, 9.17) is 20.3 Å². The first kappa shape index (κ1) is 22.3. The lowest BCUT2D eigenvalue weighted by atomic mass is 9.96. The molecule has 34 heavy (non-hydrogen) atoms. The number of aromatic amines is 1. The van der Waals surface area contributed by atoms with Gasteiger partial charge in [-0.1, -0.05) is 12.1 Å². The fraction of sp³-hybridized carbons (Fsp3) is 0.320. The van der Waals surface area contributed by atoms with Gasteiger partial charge >= 0.3 is 0 Å². The molecular formula is C25H29N7O2. The molecule has 5 N–H and O–H groups in total. The maximum atomic E-state index is 7.88. The van der Waals surface area contributed by atoms with E-state index >= 15 is 0 Å². The molecule has 0 radical (unpaired) electrons. The number of nitrogens with two attached hydrogens (primary N) is 1. The minimum atomic E-state index is 0.360. The predicted molar refractivity (Wildman–Crippen MR) is 133 cm³/mol. The molecule has 0 unspecified atom stereocenters. The summed E-state index contributed by atoms with van der Waals surface area (Å²) in [5, 5.41) is 20.8. The Morgan fingerprint density at radius 3 is 2.88 bits per heavy atom. The third kappa shape index (κ3) is 4.72. The van der Waals surface area contributed by atoms with Gasteiger partial charge in [-0.2, -0.15) is 0 Å². The SMILES string of the molecule is N=Cc1c(N)cc(-c2cccc3[nH]ccc23)cc1-c1nnc(CNCCCN2CCOCC2)o1. The number of H-pyrrole nitrogens is 1. The molecule has 9 heteroatoms. The van der Waals surface area contributed by atoms with Crippen LogP contribution in [0.1, 0.15) is 17.9 Å². The molecule has 1 aliphatic heterocycles. The van der Waals surface area contributed by atoms with Gasteiger partial charge in [-0.05, 0) is 54.9 Å². The monoisotopic (exact) mass is 459 g/mol. The number of anilines is 1. The molecule has 3 heterocycles. The zero-order valence-electron chi connectivity index (χ0n) is 19.0. The number of nitrogens with one attached hydrogen (secondary N) is 3. The van der Waals surface area contributed by atoms with E-state index < -0.39 is 0 Å². The molecule has 0 atom stereocenters. The van der Waals surface area contributed by atoms with E-state index in [9.17, 15) is 0 Å². The first-order chi connectivity index (χ1) is 16.7. The van der Waals surface area contributed by atoms with Crippen LogP contribution in [-0.4, -0.2) is 65.7 Å². The zero-order valence-corrected chi connectivity index (χ0v) is 19.0. The summed E-state index contributed by atoms with van der Waals surface area (Å²) in [6, 6.07) is 12.0. The topological polar surface area (TPSA) is 129 Å². The number of benzene rings is 2. The standard InChI is InChI=1S/C25H29N7O2/c26-15-21-20(13-17(14-22(21)27)18-3-1-4-23-19(18)5-7-29-23)25-31-30-24(34-25)16-28-6-2-8-32-9-11-33-12-10-32/h1,3-5,7,13-15,26,28-29H,2,6,8-12,16,27H2. The van der Waals surface area contributed by atoms with Crippen molar-refractivity contribution in [3.05, 3.63) is 54.0 Å². The summed E-state index contributed by atoms with van der Waals surface area (Å²) in [5.74, 6) is 0.868. The van der Waals surface area contributed by atoms with Crippen LogP contribution in [0, 0.1) is 5.41 Å². The highest BCUT2D eigenvalue weighted by Gasteiger charge is 2.17. The Morgan fingerprint density at radius 2 is 2.03 bits per heavy atom. The molecule has 176 valence electrons. The summed E-state index contributed by atoms with van der Waals surface area (Å²) in [6.45, 7) is 6.06. The molecule has 1 saturated heterocycles. The molecule has 0 amide bonds. The van der Waals surface area contributed by atoms with Gasteiger partial charge in [0.1, 0.15) is 0 Å². The summed E-state index contributed by atoms with van der Waals surface area (Å²) in [7, 11) is 0. The van der Waals surface area contributed by atoms with E-state index in [1.54, 1.807) is 0 Å². The Kier molecular flexibility index (Phi) is 6.66. The third-order valence-corrected chi connectivity index (χ3v) is 6.17. The van der Waals surface area contributed by atoms with Crippen LogP contribution in [0.3, 0.4) is 0 Å². The van der Waals surface area contributed by atoms with Gasteiger partial charge in [-0.25, -0.2) is 0 Å². The number of nitrogens with zero attached hydrogens (tertiary/aromatic N) is 3. The Balaban J connectivity index is 1.30. The molecule has 4 aromatic rings. The fourth-order valence-corrected chi connectivity index (χ4v) is 4.39. The first-order valence-electron chi connectivity index (χ1n) is 11.6. The van der Waals surface area contributed by atoms with Gasteiger partial charge in [0.15, 0.2) is 0 Å². The molecule has 0 bridgehead atoms. The van der Waals surface area contributed by atoms with Crippen molar-refractivity contribution < 1.29 is 9.15 Å². The van der Waals surface area contributed by atoms with E-state index in [0.29, 0.717) is 35.1 Å². The molecule has 0 aliphatic carbocycles. The number of fused-ring (bicyclic) bond motifs is 1. The number of morpholine rings is 1. The van der Waals surface area contributed by atoms with Crippen molar-refractivity contribution in [2.75, 3.05) is 45.1 Å². The van der Waals surface area contributed by atoms with Crippen LogP contribution < -0.4 is 11.1 Å². The van der Waals surface area contributed by atoms with Gasteiger partial charge in [0.25, 0.3) is 0 Å². The van der Waals surface area contributed by atoms with Crippen LogP contribution in [-0.2, 0) is 11.3 Å². The van der Waals surface area contributed by atoms with Crippen molar-refractivity contribution in [2.45, 2.75) is 13.0 Å². The summed E-state index contributed by atoms with van der Waals surface area (Å²) >= 11 is 0. The smallest absolute Gasteiger partial charge is 0.248 e. The van der Waals surface area contributed by atoms with Crippen molar-refractivity contribution in [3.63, 3.8) is 0 Å². The minimum absolute atomic E-state index is 0.360.